The fourth-order valence-corrected chi connectivity index (χ4v) is 2.86. The third-order valence-corrected chi connectivity index (χ3v) is 3.83. The van der Waals surface area contributed by atoms with Crippen molar-refractivity contribution in [1.29, 1.82) is 0 Å². The fourth-order valence-electron chi connectivity index (χ4n) is 2.86. The molecular formula is C13H16O. The largest absolute Gasteiger partial charge is 0.369 e. The average Bonchev–Trinajstić information content (AvgIpc) is 3.00. The topological polar surface area (TPSA) is 12.5 Å². The van der Waals surface area contributed by atoms with Gasteiger partial charge >= 0.3 is 0 Å². The highest BCUT2D eigenvalue weighted by molar-refractivity contribution is 5.29. The highest BCUT2D eigenvalue weighted by Gasteiger charge is 2.54. The van der Waals surface area contributed by atoms with E-state index in [2.05, 4.69) is 37.3 Å². The Labute approximate surface area is 85.1 Å². The molecule has 0 spiro atoms. The zero-order valence-corrected chi connectivity index (χ0v) is 8.57. The number of ether oxygens (including phenoxy) is 1. The van der Waals surface area contributed by atoms with Gasteiger partial charge in [0.15, 0.2) is 0 Å². The van der Waals surface area contributed by atoms with Gasteiger partial charge in [-0.05, 0) is 24.8 Å². The first-order valence-electron chi connectivity index (χ1n) is 5.52. The molecule has 0 unspecified atom stereocenters. The van der Waals surface area contributed by atoms with E-state index in [4.69, 9.17) is 4.74 Å². The zero-order chi connectivity index (χ0) is 9.60. The van der Waals surface area contributed by atoms with Gasteiger partial charge in [-0.15, -0.1) is 0 Å². The van der Waals surface area contributed by atoms with E-state index in [1.165, 1.54) is 24.8 Å². The van der Waals surface area contributed by atoms with Gasteiger partial charge < -0.3 is 4.74 Å². The SMILES string of the molecule is C[C@]1(c2ccccc2)CCC[C@H]2O[C@H]21. The molecule has 1 heteroatoms. The number of hydrogen-bond donors (Lipinski definition) is 0. The van der Waals surface area contributed by atoms with E-state index >= 15 is 0 Å². The van der Waals surface area contributed by atoms with E-state index in [1.807, 2.05) is 0 Å². The number of benzene rings is 1. The molecule has 2 aliphatic rings. The van der Waals surface area contributed by atoms with Crippen molar-refractivity contribution in [1.82, 2.24) is 0 Å². The van der Waals surface area contributed by atoms with Crippen LogP contribution in [0.3, 0.4) is 0 Å². The van der Waals surface area contributed by atoms with Crippen molar-refractivity contribution in [3.8, 4) is 0 Å². The molecule has 1 aliphatic heterocycles. The Bertz CT molecular complexity index is 332. The third-order valence-electron chi connectivity index (χ3n) is 3.83. The highest BCUT2D eigenvalue weighted by Crippen LogP contribution is 2.50. The molecule has 0 bridgehead atoms. The van der Waals surface area contributed by atoms with E-state index in [1.54, 1.807) is 0 Å². The highest BCUT2D eigenvalue weighted by atomic mass is 16.6. The number of fused-ring (bicyclic) bond motifs is 1. The molecule has 0 N–H and O–H groups in total. The maximum absolute atomic E-state index is 5.75. The quantitative estimate of drug-likeness (QED) is 0.617. The van der Waals surface area contributed by atoms with Crippen LogP contribution in [0, 0.1) is 0 Å². The number of rotatable bonds is 1. The monoisotopic (exact) mass is 188 g/mol. The van der Waals surface area contributed by atoms with Crippen molar-refractivity contribution in [2.24, 2.45) is 0 Å². The van der Waals surface area contributed by atoms with Crippen LogP contribution in [0.2, 0.25) is 0 Å². The summed E-state index contributed by atoms with van der Waals surface area (Å²) in [5.41, 5.74) is 1.73. The second kappa shape index (κ2) is 2.83. The summed E-state index contributed by atoms with van der Waals surface area (Å²) in [4.78, 5) is 0. The number of epoxide rings is 1. The summed E-state index contributed by atoms with van der Waals surface area (Å²) in [5.74, 6) is 0. The van der Waals surface area contributed by atoms with E-state index in [0.29, 0.717) is 12.2 Å². The molecule has 1 saturated carbocycles. The Morgan fingerprint density at radius 2 is 2.07 bits per heavy atom. The lowest BCUT2D eigenvalue weighted by atomic mass is 9.71. The summed E-state index contributed by atoms with van der Waals surface area (Å²) in [6, 6.07) is 10.8. The Balaban J connectivity index is 1.96. The van der Waals surface area contributed by atoms with Gasteiger partial charge in [-0.2, -0.15) is 0 Å². The summed E-state index contributed by atoms with van der Waals surface area (Å²) < 4.78 is 5.75. The fraction of sp³-hybridized carbons (Fsp3) is 0.538. The molecular weight excluding hydrogens is 172 g/mol. The minimum atomic E-state index is 0.282. The van der Waals surface area contributed by atoms with Crippen molar-refractivity contribution in [3.05, 3.63) is 35.9 Å². The molecule has 1 aromatic rings. The van der Waals surface area contributed by atoms with Crippen molar-refractivity contribution in [3.63, 3.8) is 0 Å². The first kappa shape index (κ1) is 8.49. The van der Waals surface area contributed by atoms with Gasteiger partial charge in [0.25, 0.3) is 0 Å². The second-order valence-corrected chi connectivity index (χ2v) is 4.77. The van der Waals surface area contributed by atoms with Crippen molar-refractivity contribution >= 4 is 0 Å². The van der Waals surface area contributed by atoms with Gasteiger partial charge in [-0.1, -0.05) is 37.3 Å². The lowest BCUT2D eigenvalue weighted by molar-refractivity contribution is 0.293. The number of hydrogen-bond acceptors (Lipinski definition) is 1. The first-order chi connectivity index (χ1) is 6.81. The van der Waals surface area contributed by atoms with Gasteiger partial charge in [0, 0.05) is 5.41 Å². The molecule has 0 amide bonds. The summed E-state index contributed by atoms with van der Waals surface area (Å²) in [6.07, 6.45) is 4.92. The van der Waals surface area contributed by atoms with Crippen LogP contribution in [0.4, 0.5) is 0 Å². The van der Waals surface area contributed by atoms with Crippen molar-refractivity contribution < 1.29 is 4.74 Å². The Morgan fingerprint density at radius 1 is 1.29 bits per heavy atom. The molecule has 0 aromatic heterocycles. The van der Waals surface area contributed by atoms with Crippen LogP contribution in [0.1, 0.15) is 31.7 Å². The molecule has 1 saturated heterocycles. The van der Waals surface area contributed by atoms with E-state index < -0.39 is 0 Å². The maximum atomic E-state index is 5.75. The summed E-state index contributed by atoms with van der Waals surface area (Å²) in [7, 11) is 0. The van der Waals surface area contributed by atoms with Gasteiger partial charge in [-0.25, -0.2) is 0 Å². The maximum Gasteiger partial charge on any atom is 0.0935 e. The van der Waals surface area contributed by atoms with Gasteiger partial charge in [0.2, 0.25) is 0 Å². The molecule has 3 atom stereocenters. The summed E-state index contributed by atoms with van der Waals surface area (Å²) in [6.45, 7) is 2.35. The van der Waals surface area contributed by atoms with Gasteiger partial charge in [0.1, 0.15) is 0 Å². The van der Waals surface area contributed by atoms with Gasteiger partial charge in [0.05, 0.1) is 12.2 Å². The molecule has 0 radical (unpaired) electrons. The Morgan fingerprint density at radius 3 is 2.86 bits per heavy atom. The standard InChI is InChI=1S/C13H16O/c1-13(10-6-3-2-4-7-10)9-5-8-11-12(13)14-11/h2-4,6-7,11-12H,5,8-9H2,1H3/t11-,12-,13-/m1/s1. The van der Waals surface area contributed by atoms with Crippen LogP contribution in [0.5, 0.6) is 0 Å². The van der Waals surface area contributed by atoms with Crippen LogP contribution in [-0.2, 0) is 10.2 Å². The predicted molar refractivity (Wildman–Crippen MR) is 56.3 cm³/mol. The minimum Gasteiger partial charge on any atom is -0.369 e. The minimum absolute atomic E-state index is 0.282. The van der Waals surface area contributed by atoms with Crippen molar-refractivity contribution in [2.75, 3.05) is 0 Å². The molecule has 3 rings (SSSR count). The lowest BCUT2D eigenvalue weighted by Gasteiger charge is -2.31. The first-order valence-corrected chi connectivity index (χ1v) is 5.52. The predicted octanol–water partition coefficient (Wildman–Crippen LogP) is 2.90. The van der Waals surface area contributed by atoms with Crippen molar-refractivity contribution in [2.45, 2.75) is 43.8 Å². The second-order valence-electron chi connectivity index (χ2n) is 4.77. The molecule has 74 valence electrons. The van der Waals surface area contributed by atoms with Gasteiger partial charge in [-0.3, -0.25) is 0 Å². The van der Waals surface area contributed by atoms with Crippen LogP contribution < -0.4 is 0 Å². The Hall–Kier alpha value is -0.820. The molecule has 1 aliphatic carbocycles. The van der Waals surface area contributed by atoms with Crippen LogP contribution in [0.15, 0.2) is 30.3 Å². The normalized spacial score (nSPS) is 40.4. The smallest absolute Gasteiger partial charge is 0.0935 e. The van der Waals surface area contributed by atoms with Crippen LogP contribution >= 0.6 is 0 Å². The molecule has 14 heavy (non-hydrogen) atoms. The van der Waals surface area contributed by atoms with E-state index in [0.717, 1.165) is 0 Å². The summed E-state index contributed by atoms with van der Waals surface area (Å²) >= 11 is 0. The Kier molecular flexibility index (Phi) is 1.72. The average molecular weight is 188 g/mol. The molecule has 1 aromatic carbocycles. The lowest BCUT2D eigenvalue weighted by Crippen LogP contribution is -2.33. The molecule has 2 fully saturated rings. The summed E-state index contributed by atoms with van der Waals surface area (Å²) in [5, 5.41) is 0. The molecule has 1 heterocycles. The van der Waals surface area contributed by atoms with Crippen LogP contribution in [0.25, 0.3) is 0 Å². The van der Waals surface area contributed by atoms with E-state index in [9.17, 15) is 0 Å². The molecule has 1 nitrogen and oxygen atoms in total. The third kappa shape index (κ3) is 1.12. The van der Waals surface area contributed by atoms with E-state index in [-0.39, 0.29) is 5.41 Å². The van der Waals surface area contributed by atoms with Crippen LogP contribution in [-0.4, -0.2) is 12.2 Å². The zero-order valence-electron chi connectivity index (χ0n) is 8.57.